The monoisotopic (exact) mass is 124 g/mol. The van der Waals surface area contributed by atoms with Gasteiger partial charge in [-0.25, -0.2) is 0 Å². The zero-order valence-corrected chi connectivity index (χ0v) is 5.89. The van der Waals surface area contributed by atoms with E-state index in [0.29, 0.717) is 6.04 Å². The Hall–Kier alpha value is -0.790. The zero-order chi connectivity index (χ0) is 6.85. The average molecular weight is 124 g/mol. The third kappa shape index (κ3) is 1.56. The quantitative estimate of drug-likeness (QED) is 0.515. The van der Waals surface area contributed by atoms with Crippen LogP contribution in [0.25, 0.3) is 0 Å². The van der Waals surface area contributed by atoms with Crippen LogP contribution in [0.5, 0.6) is 0 Å². The maximum absolute atomic E-state index is 5.60. The smallest absolute Gasteiger partial charge is 0.0528 e. The fourth-order valence-electron chi connectivity index (χ4n) is 1.10. The largest absolute Gasteiger partial charge is 0.402 e. The summed E-state index contributed by atoms with van der Waals surface area (Å²) in [6.07, 6.45) is 2.84. The molecule has 0 aromatic heterocycles. The Morgan fingerprint density at radius 3 is 2.89 bits per heavy atom. The van der Waals surface area contributed by atoms with Crippen LogP contribution in [0.4, 0.5) is 0 Å². The van der Waals surface area contributed by atoms with Gasteiger partial charge in [0.25, 0.3) is 0 Å². The van der Waals surface area contributed by atoms with Crippen LogP contribution in [0.1, 0.15) is 20.3 Å². The molecule has 1 rings (SSSR count). The van der Waals surface area contributed by atoms with Gasteiger partial charge in [0.2, 0.25) is 0 Å². The summed E-state index contributed by atoms with van der Waals surface area (Å²) >= 11 is 0. The normalized spacial score (nSPS) is 27.1. The van der Waals surface area contributed by atoms with Crippen LogP contribution in [0, 0.1) is 0 Å². The molecule has 50 valence electrons. The predicted octanol–water partition coefficient (Wildman–Crippen LogP) is 1.08. The second-order valence-corrected chi connectivity index (χ2v) is 2.54. The lowest BCUT2D eigenvalue weighted by atomic mass is 10.1. The number of dihydropyridines is 1. The van der Waals surface area contributed by atoms with E-state index in [0.717, 1.165) is 17.8 Å². The highest BCUT2D eigenvalue weighted by Crippen LogP contribution is 2.09. The number of aliphatic imine (C=N–C) groups is 1. The third-order valence-electron chi connectivity index (χ3n) is 1.35. The molecule has 2 nitrogen and oxygen atoms in total. The first-order chi connectivity index (χ1) is 4.18. The Bertz CT molecular complexity index is 168. The third-order valence-corrected chi connectivity index (χ3v) is 1.35. The summed E-state index contributed by atoms with van der Waals surface area (Å²) in [6.45, 7) is 4.05. The lowest BCUT2D eigenvalue weighted by Gasteiger charge is -2.12. The lowest BCUT2D eigenvalue weighted by Crippen LogP contribution is -2.14. The fourth-order valence-corrected chi connectivity index (χ4v) is 1.10. The fraction of sp³-hybridized carbons (Fsp3) is 0.571. The van der Waals surface area contributed by atoms with E-state index in [1.807, 2.05) is 13.0 Å². The van der Waals surface area contributed by atoms with E-state index in [9.17, 15) is 0 Å². The lowest BCUT2D eigenvalue weighted by molar-refractivity contribution is 0.718. The van der Waals surface area contributed by atoms with Gasteiger partial charge in [-0.15, -0.1) is 0 Å². The number of nitrogens with zero attached hydrogens (tertiary/aromatic N) is 1. The molecule has 0 radical (unpaired) electrons. The first kappa shape index (κ1) is 6.33. The van der Waals surface area contributed by atoms with Gasteiger partial charge >= 0.3 is 0 Å². The number of nitrogens with two attached hydrogens (primary N) is 1. The van der Waals surface area contributed by atoms with Crippen molar-refractivity contribution in [1.82, 2.24) is 0 Å². The van der Waals surface area contributed by atoms with Gasteiger partial charge in [0, 0.05) is 17.8 Å². The second kappa shape index (κ2) is 2.21. The van der Waals surface area contributed by atoms with E-state index >= 15 is 0 Å². The first-order valence-electron chi connectivity index (χ1n) is 3.19. The molecule has 0 aromatic rings. The Morgan fingerprint density at radius 1 is 1.78 bits per heavy atom. The number of rotatable bonds is 0. The van der Waals surface area contributed by atoms with Gasteiger partial charge in [-0.2, -0.15) is 0 Å². The maximum atomic E-state index is 5.60. The molecule has 1 heterocycles. The molecular weight excluding hydrogens is 112 g/mol. The summed E-state index contributed by atoms with van der Waals surface area (Å²) in [5, 5.41) is 0. The zero-order valence-electron chi connectivity index (χ0n) is 5.89. The van der Waals surface area contributed by atoms with Gasteiger partial charge in [-0.1, -0.05) is 0 Å². The van der Waals surface area contributed by atoms with E-state index in [1.165, 1.54) is 0 Å². The Morgan fingerprint density at radius 2 is 2.44 bits per heavy atom. The van der Waals surface area contributed by atoms with Gasteiger partial charge in [0.15, 0.2) is 0 Å². The Labute approximate surface area is 55.5 Å². The molecular formula is C7H12N2. The Kier molecular flexibility index (Phi) is 1.56. The maximum Gasteiger partial charge on any atom is 0.0528 e. The van der Waals surface area contributed by atoms with Crippen molar-refractivity contribution in [2.75, 3.05) is 0 Å². The molecule has 0 spiro atoms. The van der Waals surface area contributed by atoms with Gasteiger partial charge < -0.3 is 5.73 Å². The van der Waals surface area contributed by atoms with Crippen molar-refractivity contribution in [2.24, 2.45) is 10.7 Å². The van der Waals surface area contributed by atoms with Crippen LogP contribution < -0.4 is 5.73 Å². The van der Waals surface area contributed by atoms with Crippen molar-refractivity contribution >= 4 is 5.71 Å². The molecule has 2 N–H and O–H groups in total. The molecule has 1 atom stereocenters. The molecule has 0 bridgehead atoms. The van der Waals surface area contributed by atoms with Crippen LogP contribution in [0.3, 0.4) is 0 Å². The number of hydrogen-bond acceptors (Lipinski definition) is 2. The van der Waals surface area contributed by atoms with Gasteiger partial charge in [0.1, 0.15) is 0 Å². The summed E-state index contributed by atoms with van der Waals surface area (Å²) in [6, 6.07) is 0.384. The summed E-state index contributed by atoms with van der Waals surface area (Å²) in [5.41, 5.74) is 7.60. The molecule has 2 heteroatoms. The summed E-state index contributed by atoms with van der Waals surface area (Å²) < 4.78 is 0. The van der Waals surface area contributed by atoms with E-state index in [1.54, 1.807) is 0 Å². The molecule has 1 aliphatic rings. The molecule has 0 saturated heterocycles. The minimum Gasteiger partial charge on any atom is -0.402 e. The minimum atomic E-state index is 0.384. The van der Waals surface area contributed by atoms with Gasteiger partial charge in [-0.3, -0.25) is 4.99 Å². The van der Waals surface area contributed by atoms with E-state index in [-0.39, 0.29) is 0 Å². The molecule has 0 saturated carbocycles. The summed E-state index contributed by atoms with van der Waals surface area (Å²) in [7, 11) is 0. The van der Waals surface area contributed by atoms with Crippen molar-refractivity contribution in [2.45, 2.75) is 26.3 Å². The molecule has 1 aliphatic heterocycles. The van der Waals surface area contributed by atoms with Gasteiger partial charge in [0.05, 0.1) is 6.04 Å². The summed E-state index contributed by atoms with van der Waals surface area (Å²) in [5.74, 6) is 0. The average Bonchev–Trinajstić information content (AvgIpc) is 1.59. The highest BCUT2D eigenvalue weighted by molar-refractivity contribution is 5.94. The van der Waals surface area contributed by atoms with Crippen LogP contribution >= 0.6 is 0 Å². The van der Waals surface area contributed by atoms with Crippen molar-refractivity contribution in [3.63, 3.8) is 0 Å². The second-order valence-electron chi connectivity index (χ2n) is 2.54. The van der Waals surface area contributed by atoms with Crippen LogP contribution in [-0.4, -0.2) is 11.8 Å². The van der Waals surface area contributed by atoms with E-state index in [2.05, 4.69) is 11.9 Å². The molecule has 1 unspecified atom stereocenters. The summed E-state index contributed by atoms with van der Waals surface area (Å²) in [4.78, 5) is 4.29. The molecule has 9 heavy (non-hydrogen) atoms. The molecule has 0 amide bonds. The van der Waals surface area contributed by atoms with Crippen LogP contribution in [0.15, 0.2) is 16.8 Å². The van der Waals surface area contributed by atoms with E-state index in [4.69, 9.17) is 5.73 Å². The highest BCUT2D eigenvalue weighted by Gasteiger charge is 2.06. The standard InChI is InChI=1S/C7H12N2/c1-5-3-7(8)4-6(2)9-5/h3,6H,4,8H2,1-2H3. The van der Waals surface area contributed by atoms with Crippen molar-refractivity contribution in [3.05, 3.63) is 11.8 Å². The van der Waals surface area contributed by atoms with E-state index < -0.39 is 0 Å². The van der Waals surface area contributed by atoms with Crippen molar-refractivity contribution in [3.8, 4) is 0 Å². The number of hydrogen-bond donors (Lipinski definition) is 1. The SMILES string of the molecule is CC1=NC(C)CC(N)=C1. The topological polar surface area (TPSA) is 38.4 Å². The van der Waals surface area contributed by atoms with Crippen LogP contribution in [-0.2, 0) is 0 Å². The predicted molar refractivity (Wildman–Crippen MR) is 39.5 cm³/mol. The molecule has 0 fully saturated rings. The van der Waals surface area contributed by atoms with Crippen molar-refractivity contribution < 1.29 is 0 Å². The van der Waals surface area contributed by atoms with Gasteiger partial charge in [-0.05, 0) is 19.9 Å². The minimum absolute atomic E-state index is 0.384. The molecule has 0 aromatic carbocycles. The highest BCUT2D eigenvalue weighted by atomic mass is 14.8. The van der Waals surface area contributed by atoms with Crippen LogP contribution in [0.2, 0.25) is 0 Å². The van der Waals surface area contributed by atoms with Crippen molar-refractivity contribution in [1.29, 1.82) is 0 Å². The molecule has 0 aliphatic carbocycles. The Balaban J connectivity index is 2.74. The first-order valence-corrected chi connectivity index (χ1v) is 3.19. The number of allylic oxidation sites excluding steroid dienone is 1.